The van der Waals surface area contributed by atoms with Crippen molar-refractivity contribution in [2.24, 2.45) is 0 Å². The van der Waals surface area contributed by atoms with E-state index in [-0.39, 0.29) is 11.6 Å². The minimum atomic E-state index is -0.337. The average Bonchev–Trinajstić information content (AvgIpc) is 2.33. The van der Waals surface area contributed by atoms with Crippen LogP contribution in [-0.4, -0.2) is 25.3 Å². The van der Waals surface area contributed by atoms with E-state index >= 15 is 0 Å². The number of carbonyl (C=O) groups excluding carboxylic acids is 1. The third-order valence-corrected chi connectivity index (χ3v) is 3.32. The van der Waals surface area contributed by atoms with Crippen LogP contribution >= 0.6 is 0 Å². The Hall–Kier alpha value is -1.55. The average molecular weight is 265 g/mol. The summed E-state index contributed by atoms with van der Waals surface area (Å²) in [6, 6.07) is 3.57. The fourth-order valence-electron chi connectivity index (χ4n) is 1.66. The summed E-state index contributed by atoms with van der Waals surface area (Å²) in [4.78, 5) is 12.0. The SMILES string of the molecule is COC(C)(C)CCOC(=O)c1cc(N)c(C)cc1C. The van der Waals surface area contributed by atoms with Crippen molar-refractivity contribution in [3.63, 3.8) is 0 Å². The lowest BCUT2D eigenvalue weighted by Crippen LogP contribution is -2.25. The molecule has 0 saturated carbocycles. The molecule has 2 N–H and O–H groups in total. The molecule has 0 aliphatic rings. The summed E-state index contributed by atoms with van der Waals surface area (Å²) >= 11 is 0. The van der Waals surface area contributed by atoms with Gasteiger partial charge in [0, 0.05) is 19.2 Å². The van der Waals surface area contributed by atoms with Crippen molar-refractivity contribution >= 4 is 11.7 Å². The van der Waals surface area contributed by atoms with Crippen LogP contribution in [0, 0.1) is 13.8 Å². The number of nitrogen functional groups attached to an aromatic ring is 1. The summed E-state index contributed by atoms with van der Waals surface area (Å²) in [7, 11) is 1.65. The summed E-state index contributed by atoms with van der Waals surface area (Å²) in [5.74, 6) is -0.337. The Bertz CT molecular complexity index is 467. The number of methoxy groups -OCH3 is 1. The first kappa shape index (κ1) is 15.5. The summed E-state index contributed by atoms with van der Waals surface area (Å²) in [5, 5.41) is 0. The van der Waals surface area contributed by atoms with Crippen molar-refractivity contribution in [3.8, 4) is 0 Å². The van der Waals surface area contributed by atoms with Gasteiger partial charge in [-0.1, -0.05) is 6.07 Å². The second-order valence-corrected chi connectivity index (χ2v) is 5.37. The number of ether oxygens (including phenoxy) is 2. The molecule has 1 aromatic carbocycles. The lowest BCUT2D eigenvalue weighted by atomic mass is 10.0. The molecule has 0 bridgehead atoms. The Morgan fingerprint density at radius 3 is 2.47 bits per heavy atom. The lowest BCUT2D eigenvalue weighted by Gasteiger charge is -2.22. The molecule has 1 aromatic rings. The maximum Gasteiger partial charge on any atom is 0.338 e. The van der Waals surface area contributed by atoms with E-state index in [0.717, 1.165) is 11.1 Å². The smallest absolute Gasteiger partial charge is 0.338 e. The van der Waals surface area contributed by atoms with Crippen LogP contribution < -0.4 is 5.73 Å². The van der Waals surface area contributed by atoms with E-state index in [9.17, 15) is 4.79 Å². The number of esters is 1. The molecular formula is C15H23NO3. The first-order chi connectivity index (χ1) is 8.76. The van der Waals surface area contributed by atoms with Gasteiger partial charge in [0.15, 0.2) is 0 Å². The fraction of sp³-hybridized carbons (Fsp3) is 0.533. The van der Waals surface area contributed by atoms with Gasteiger partial charge in [-0.2, -0.15) is 0 Å². The number of hydrogen-bond acceptors (Lipinski definition) is 4. The molecule has 1 rings (SSSR count). The van der Waals surface area contributed by atoms with Crippen molar-refractivity contribution < 1.29 is 14.3 Å². The van der Waals surface area contributed by atoms with Crippen LogP contribution in [0.1, 0.15) is 41.8 Å². The molecule has 0 fully saturated rings. The summed E-state index contributed by atoms with van der Waals surface area (Å²) in [6.07, 6.45) is 0.648. The van der Waals surface area contributed by atoms with Gasteiger partial charge in [0.05, 0.1) is 17.8 Å². The largest absolute Gasteiger partial charge is 0.462 e. The number of hydrogen-bond donors (Lipinski definition) is 1. The molecule has 0 saturated heterocycles. The Morgan fingerprint density at radius 2 is 1.89 bits per heavy atom. The van der Waals surface area contributed by atoms with Gasteiger partial charge in [0.25, 0.3) is 0 Å². The Kier molecular flexibility index (Phi) is 4.95. The number of carbonyl (C=O) groups is 1. The molecule has 4 heteroatoms. The highest BCUT2D eigenvalue weighted by Crippen LogP contribution is 2.19. The van der Waals surface area contributed by atoms with E-state index in [2.05, 4.69) is 0 Å². The molecule has 0 unspecified atom stereocenters. The van der Waals surface area contributed by atoms with E-state index in [1.54, 1.807) is 13.2 Å². The normalized spacial score (nSPS) is 11.4. The van der Waals surface area contributed by atoms with Gasteiger partial charge < -0.3 is 15.2 Å². The highest BCUT2D eigenvalue weighted by atomic mass is 16.5. The van der Waals surface area contributed by atoms with Crippen LogP contribution in [0.4, 0.5) is 5.69 Å². The molecule has 19 heavy (non-hydrogen) atoms. The number of nitrogens with two attached hydrogens (primary N) is 1. The standard InChI is InChI=1S/C15H23NO3/c1-10-8-11(2)13(16)9-12(10)14(17)19-7-6-15(3,4)18-5/h8-9H,6-7,16H2,1-5H3. The van der Waals surface area contributed by atoms with Crippen molar-refractivity contribution in [2.45, 2.75) is 39.7 Å². The van der Waals surface area contributed by atoms with Crippen LogP contribution in [0.2, 0.25) is 0 Å². The molecule has 4 nitrogen and oxygen atoms in total. The zero-order valence-electron chi connectivity index (χ0n) is 12.4. The first-order valence-corrected chi connectivity index (χ1v) is 6.36. The van der Waals surface area contributed by atoms with E-state index in [1.807, 2.05) is 33.8 Å². The number of benzene rings is 1. The zero-order valence-corrected chi connectivity index (χ0v) is 12.4. The summed E-state index contributed by atoms with van der Waals surface area (Å²) in [6.45, 7) is 8.03. The molecule has 0 radical (unpaired) electrons. The molecule has 0 spiro atoms. The second kappa shape index (κ2) is 6.06. The van der Waals surface area contributed by atoms with Gasteiger partial charge >= 0.3 is 5.97 Å². The lowest BCUT2D eigenvalue weighted by molar-refractivity contribution is -0.00564. The third kappa shape index (κ3) is 4.24. The van der Waals surface area contributed by atoms with Crippen molar-refractivity contribution in [3.05, 3.63) is 28.8 Å². The molecular weight excluding hydrogens is 242 g/mol. The Morgan fingerprint density at radius 1 is 1.26 bits per heavy atom. The van der Waals surface area contributed by atoms with Crippen LogP contribution in [-0.2, 0) is 9.47 Å². The summed E-state index contributed by atoms with van der Waals surface area (Å²) < 4.78 is 10.5. The molecule has 106 valence electrons. The van der Waals surface area contributed by atoms with Crippen molar-refractivity contribution in [1.29, 1.82) is 0 Å². The third-order valence-electron chi connectivity index (χ3n) is 3.32. The van der Waals surface area contributed by atoms with E-state index in [0.29, 0.717) is 24.3 Å². The predicted molar refractivity (Wildman–Crippen MR) is 76.3 cm³/mol. The topological polar surface area (TPSA) is 61.5 Å². The highest BCUT2D eigenvalue weighted by molar-refractivity contribution is 5.92. The fourth-order valence-corrected chi connectivity index (χ4v) is 1.66. The molecule has 0 atom stereocenters. The summed E-state index contributed by atoms with van der Waals surface area (Å²) in [5.41, 5.74) is 8.51. The molecule has 0 aliphatic carbocycles. The maximum atomic E-state index is 12.0. The molecule has 0 heterocycles. The van der Waals surface area contributed by atoms with E-state index < -0.39 is 0 Å². The maximum absolute atomic E-state index is 12.0. The van der Waals surface area contributed by atoms with Gasteiger partial charge in [-0.25, -0.2) is 4.79 Å². The molecule has 0 aliphatic heterocycles. The molecule has 0 amide bonds. The Balaban J connectivity index is 2.67. The van der Waals surface area contributed by atoms with Gasteiger partial charge in [0.1, 0.15) is 0 Å². The van der Waals surface area contributed by atoms with Gasteiger partial charge in [-0.15, -0.1) is 0 Å². The number of aryl methyl sites for hydroxylation is 2. The number of anilines is 1. The predicted octanol–water partition coefficient (Wildman–Crippen LogP) is 2.86. The van der Waals surface area contributed by atoms with Crippen LogP contribution in [0.3, 0.4) is 0 Å². The van der Waals surface area contributed by atoms with Gasteiger partial charge in [-0.3, -0.25) is 0 Å². The van der Waals surface area contributed by atoms with Gasteiger partial charge in [0.2, 0.25) is 0 Å². The second-order valence-electron chi connectivity index (χ2n) is 5.37. The van der Waals surface area contributed by atoms with Crippen molar-refractivity contribution in [1.82, 2.24) is 0 Å². The first-order valence-electron chi connectivity index (χ1n) is 6.36. The van der Waals surface area contributed by atoms with E-state index in [1.165, 1.54) is 0 Å². The highest BCUT2D eigenvalue weighted by Gasteiger charge is 2.18. The minimum absolute atomic E-state index is 0.290. The van der Waals surface area contributed by atoms with E-state index in [4.69, 9.17) is 15.2 Å². The molecule has 0 aromatic heterocycles. The zero-order chi connectivity index (χ0) is 14.6. The minimum Gasteiger partial charge on any atom is -0.462 e. The van der Waals surface area contributed by atoms with Crippen LogP contribution in [0.15, 0.2) is 12.1 Å². The quantitative estimate of drug-likeness (QED) is 0.657. The Labute approximate surface area is 114 Å². The van der Waals surface area contributed by atoms with Crippen LogP contribution in [0.25, 0.3) is 0 Å². The van der Waals surface area contributed by atoms with Gasteiger partial charge in [-0.05, 0) is 44.9 Å². The van der Waals surface area contributed by atoms with Crippen LogP contribution in [0.5, 0.6) is 0 Å². The number of rotatable bonds is 5. The monoisotopic (exact) mass is 265 g/mol. The van der Waals surface area contributed by atoms with Crippen molar-refractivity contribution in [2.75, 3.05) is 19.5 Å².